The Balaban J connectivity index is 1.55. The number of hydrogen-bond acceptors (Lipinski definition) is 1. The topological polar surface area (TPSA) is 26.0 Å². The van der Waals surface area contributed by atoms with E-state index in [2.05, 4.69) is 27.7 Å². The zero-order valence-electron chi connectivity index (χ0n) is 17.4. The lowest BCUT2D eigenvalue weighted by molar-refractivity contribution is -0.112. The molecule has 4 aliphatic carbocycles. The van der Waals surface area contributed by atoms with E-state index >= 15 is 0 Å². The average Bonchev–Trinajstić information content (AvgIpc) is 2.90. The largest absolute Gasteiger partial charge is 0.330 e. The molecule has 0 saturated heterocycles. The van der Waals surface area contributed by atoms with Gasteiger partial charge in [0.1, 0.15) is 0 Å². The molecule has 7 unspecified atom stereocenters. The Morgan fingerprint density at radius 3 is 2.36 bits per heavy atom. The minimum atomic E-state index is 0.326. The molecule has 0 aromatic heterocycles. The fourth-order valence-corrected chi connectivity index (χ4v) is 8.49. The summed E-state index contributed by atoms with van der Waals surface area (Å²) in [4.78, 5) is 0. The molecular formula is C24H43N. The van der Waals surface area contributed by atoms with Gasteiger partial charge in [0.15, 0.2) is 0 Å². The molecule has 0 aliphatic heterocycles. The zero-order valence-corrected chi connectivity index (χ0v) is 17.4. The maximum atomic E-state index is 6.09. The molecule has 0 heterocycles. The Morgan fingerprint density at radius 1 is 0.840 bits per heavy atom. The molecule has 0 aromatic carbocycles. The highest BCUT2D eigenvalue weighted by Crippen LogP contribution is 2.68. The predicted octanol–water partition coefficient (Wildman–Crippen LogP) is 6.41. The maximum absolute atomic E-state index is 6.09. The second kappa shape index (κ2) is 6.25. The Bertz CT molecular complexity index is 496. The van der Waals surface area contributed by atoms with Gasteiger partial charge >= 0.3 is 0 Å². The van der Waals surface area contributed by atoms with Crippen molar-refractivity contribution in [3.8, 4) is 0 Å². The average molecular weight is 346 g/mol. The molecule has 25 heavy (non-hydrogen) atoms. The van der Waals surface area contributed by atoms with Crippen molar-refractivity contribution in [2.45, 2.75) is 98.3 Å². The first-order valence-corrected chi connectivity index (χ1v) is 11.5. The first-order valence-electron chi connectivity index (χ1n) is 11.5. The van der Waals surface area contributed by atoms with Gasteiger partial charge in [-0.2, -0.15) is 0 Å². The fourth-order valence-electron chi connectivity index (χ4n) is 8.49. The predicted molar refractivity (Wildman–Crippen MR) is 107 cm³/mol. The Morgan fingerprint density at radius 2 is 1.60 bits per heavy atom. The van der Waals surface area contributed by atoms with Gasteiger partial charge in [-0.3, -0.25) is 0 Å². The van der Waals surface area contributed by atoms with Crippen LogP contribution in [0.1, 0.15) is 98.3 Å². The first-order chi connectivity index (χ1) is 11.8. The van der Waals surface area contributed by atoms with Gasteiger partial charge in [0.25, 0.3) is 0 Å². The van der Waals surface area contributed by atoms with Gasteiger partial charge in [-0.25, -0.2) is 0 Å². The van der Waals surface area contributed by atoms with Crippen molar-refractivity contribution in [3.05, 3.63) is 0 Å². The number of rotatable bonds is 3. The van der Waals surface area contributed by atoms with Crippen molar-refractivity contribution in [1.29, 1.82) is 0 Å². The third-order valence-corrected chi connectivity index (χ3v) is 10.1. The molecule has 0 spiro atoms. The maximum Gasteiger partial charge on any atom is -0.00257 e. The van der Waals surface area contributed by atoms with Gasteiger partial charge in [-0.15, -0.1) is 0 Å². The summed E-state index contributed by atoms with van der Waals surface area (Å²) < 4.78 is 0. The van der Waals surface area contributed by atoms with E-state index in [0.29, 0.717) is 16.2 Å². The smallest absolute Gasteiger partial charge is 0.00257 e. The van der Waals surface area contributed by atoms with Crippen LogP contribution in [0.5, 0.6) is 0 Å². The molecule has 4 rings (SSSR count). The van der Waals surface area contributed by atoms with Crippen LogP contribution in [0.25, 0.3) is 0 Å². The van der Waals surface area contributed by atoms with E-state index in [0.717, 1.165) is 36.1 Å². The van der Waals surface area contributed by atoms with Crippen LogP contribution in [-0.2, 0) is 0 Å². The summed E-state index contributed by atoms with van der Waals surface area (Å²) in [5.41, 5.74) is 7.73. The summed E-state index contributed by atoms with van der Waals surface area (Å²) in [7, 11) is 0. The molecule has 7 atom stereocenters. The molecule has 1 nitrogen and oxygen atoms in total. The third-order valence-electron chi connectivity index (χ3n) is 10.1. The van der Waals surface area contributed by atoms with Crippen LogP contribution in [-0.4, -0.2) is 6.54 Å². The molecule has 2 N–H and O–H groups in total. The van der Waals surface area contributed by atoms with Crippen LogP contribution in [0.15, 0.2) is 0 Å². The van der Waals surface area contributed by atoms with Crippen LogP contribution in [0.2, 0.25) is 0 Å². The SMILES string of the molecule is CC(C)(CN)CC1CCC2C3CCC4CCCCC4(C)C3CCC12C. The molecule has 4 saturated carbocycles. The van der Waals surface area contributed by atoms with Crippen molar-refractivity contribution in [2.75, 3.05) is 6.54 Å². The number of fused-ring (bicyclic) bond motifs is 5. The van der Waals surface area contributed by atoms with Gasteiger partial charge in [0, 0.05) is 0 Å². The number of hydrogen-bond donors (Lipinski definition) is 1. The summed E-state index contributed by atoms with van der Waals surface area (Å²) in [6.07, 6.45) is 16.6. The summed E-state index contributed by atoms with van der Waals surface area (Å²) in [5, 5.41) is 0. The minimum absolute atomic E-state index is 0.326. The molecule has 0 radical (unpaired) electrons. The highest BCUT2D eigenvalue weighted by atomic mass is 14.7. The van der Waals surface area contributed by atoms with Crippen molar-refractivity contribution >= 4 is 0 Å². The molecule has 144 valence electrons. The molecule has 0 aromatic rings. The van der Waals surface area contributed by atoms with E-state index in [1.54, 1.807) is 12.8 Å². The van der Waals surface area contributed by atoms with E-state index in [1.807, 2.05) is 0 Å². The highest BCUT2D eigenvalue weighted by molar-refractivity contribution is 5.09. The van der Waals surface area contributed by atoms with Crippen molar-refractivity contribution in [3.63, 3.8) is 0 Å². The second-order valence-corrected chi connectivity index (χ2v) is 11.8. The Hall–Kier alpha value is -0.0400. The quantitative estimate of drug-likeness (QED) is 0.628. The third kappa shape index (κ3) is 2.82. The second-order valence-electron chi connectivity index (χ2n) is 11.8. The molecule has 0 amide bonds. The molecule has 0 bridgehead atoms. The van der Waals surface area contributed by atoms with Crippen molar-refractivity contribution in [2.24, 2.45) is 51.6 Å². The number of nitrogens with two attached hydrogens (primary N) is 1. The lowest BCUT2D eigenvalue weighted by Crippen LogP contribution is -2.52. The van der Waals surface area contributed by atoms with Crippen LogP contribution in [0, 0.1) is 45.8 Å². The summed E-state index contributed by atoms with van der Waals surface area (Å²) in [6.45, 7) is 11.0. The van der Waals surface area contributed by atoms with Gasteiger partial charge in [0.05, 0.1) is 0 Å². The monoisotopic (exact) mass is 345 g/mol. The normalized spacial score (nSPS) is 50.0. The van der Waals surface area contributed by atoms with E-state index < -0.39 is 0 Å². The lowest BCUT2D eigenvalue weighted by Gasteiger charge is -2.60. The van der Waals surface area contributed by atoms with Gasteiger partial charge in [-0.05, 0) is 110 Å². The van der Waals surface area contributed by atoms with E-state index in [9.17, 15) is 0 Å². The lowest BCUT2D eigenvalue weighted by atomic mass is 9.44. The molecule has 4 fully saturated rings. The first kappa shape index (κ1) is 18.3. The Labute approximate surface area is 156 Å². The van der Waals surface area contributed by atoms with Gasteiger partial charge < -0.3 is 5.73 Å². The van der Waals surface area contributed by atoms with Crippen LogP contribution in [0.3, 0.4) is 0 Å². The van der Waals surface area contributed by atoms with Crippen molar-refractivity contribution < 1.29 is 0 Å². The minimum Gasteiger partial charge on any atom is -0.330 e. The fraction of sp³-hybridized carbons (Fsp3) is 1.00. The molecule has 1 heteroatoms. The molecular weight excluding hydrogens is 302 g/mol. The Kier molecular flexibility index (Phi) is 4.58. The standard InChI is InChI=1S/C24H43N/c1-22(2,16-25)15-18-9-11-20-19-10-8-17-7-5-6-13-23(17,3)21(19)12-14-24(18,20)4/h17-21H,5-16,25H2,1-4H3. The van der Waals surface area contributed by atoms with E-state index in [4.69, 9.17) is 5.73 Å². The zero-order chi connectivity index (χ0) is 17.9. The van der Waals surface area contributed by atoms with Crippen LogP contribution >= 0.6 is 0 Å². The van der Waals surface area contributed by atoms with E-state index in [1.165, 1.54) is 57.8 Å². The molecule has 4 aliphatic rings. The van der Waals surface area contributed by atoms with Crippen LogP contribution < -0.4 is 5.73 Å². The van der Waals surface area contributed by atoms with Gasteiger partial charge in [-0.1, -0.05) is 40.5 Å². The van der Waals surface area contributed by atoms with Crippen LogP contribution in [0.4, 0.5) is 0 Å². The van der Waals surface area contributed by atoms with E-state index in [-0.39, 0.29) is 0 Å². The van der Waals surface area contributed by atoms with Crippen molar-refractivity contribution in [1.82, 2.24) is 0 Å². The summed E-state index contributed by atoms with van der Waals surface area (Å²) >= 11 is 0. The summed E-state index contributed by atoms with van der Waals surface area (Å²) in [5.74, 6) is 5.09. The van der Waals surface area contributed by atoms with Gasteiger partial charge in [0.2, 0.25) is 0 Å². The highest BCUT2D eigenvalue weighted by Gasteiger charge is 2.59. The summed E-state index contributed by atoms with van der Waals surface area (Å²) in [6, 6.07) is 0.